The molecule has 0 spiro atoms. The fourth-order valence-corrected chi connectivity index (χ4v) is 4.41. The van der Waals surface area contributed by atoms with Gasteiger partial charge in [-0.15, -0.1) is 0 Å². The average molecular weight is 389 g/mol. The number of halogens is 2. The van der Waals surface area contributed by atoms with Gasteiger partial charge in [-0.25, -0.2) is 0 Å². The standard InChI is InChI=1S/C14H15Br2NO2/c1-14(3-2-4-19-14)13(16)9-5-8-6-12(18)17-11(8)7-10(9)15/h5,7,13H,2-4,6H2,1H3,(H,17,18). The number of alkyl halides is 1. The Hall–Kier alpha value is -0.390. The van der Waals surface area contributed by atoms with Crippen molar-refractivity contribution in [3.8, 4) is 0 Å². The van der Waals surface area contributed by atoms with E-state index in [4.69, 9.17) is 4.74 Å². The summed E-state index contributed by atoms with van der Waals surface area (Å²) in [5.74, 6) is 0.0634. The second-order valence-corrected chi connectivity index (χ2v) is 7.15. The molecule has 0 radical (unpaired) electrons. The summed E-state index contributed by atoms with van der Waals surface area (Å²) in [5, 5.41) is 2.87. The average Bonchev–Trinajstić information content (AvgIpc) is 2.93. The summed E-state index contributed by atoms with van der Waals surface area (Å²) in [6.07, 6.45) is 2.61. The van der Waals surface area contributed by atoms with E-state index in [2.05, 4.69) is 50.2 Å². The Balaban J connectivity index is 1.97. The first-order chi connectivity index (χ1) is 8.99. The van der Waals surface area contributed by atoms with Crippen LogP contribution in [0.2, 0.25) is 0 Å². The summed E-state index contributed by atoms with van der Waals surface area (Å²) in [7, 11) is 0. The lowest BCUT2D eigenvalue weighted by molar-refractivity contribution is -0.115. The number of ether oxygens (including phenoxy) is 1. The second-order valence-electron chi connectivity index (χ2n) is 5.38. The minimum Gasteiger partial charge on any atom is -0.374 e. The van der Waals surface area contributed by atoms with Crippen LogP contribution in [0.25, 0.3) is 0 Å². The van der Waals surface area contributed by atoms with Crippen LogP contribution in [0.5, 0.6) is 0 Å². The van der Waals surface area contributed by atoms with Crippen LogP contribution in [-0.4, -0.2) is 18.1 Å². The van der Waals surface area contributed by atoms with E-state index in [1.165, 1.54) is 0 Å². The molecule has 1 aromatic carbocycles. The lowest BCUT2D eigenvalue weighted by atomic mass is 9.92. The number of carbonyl (C=O) groups excluding carboxylic acids is 1. The van der Waals surface area contributed by atoms with Crippen molar-refractivity contribution in [2.45, 2.75) is 36.6 Å². The molecule has 1 fully saturated rings. The van der Waals surface area contributed by atoms with Gasteiger partial charge in [-0.05, 0) is 37.0 Å². The van der Waals surface area contributed by atoms with E-state index in [9.17, 15) is 4.79 Å². The highest BCUT2D eigenvalue weighted by Gasteiger charge is 2.39. The molecule has 0 aliphatic carbocycles. The number of benzene rings is 1. The van der Waals surface area contributed by atoms with Gasteiger partial charge in [-0.3, -0.25) is 4.79 Å². The maximum Gasteiger partial charge on any atom is 0.228 e. The van der Waals surface area contributed by atoms with Crippen molar-refractivity contribution in [2.75, 3.05) is 11.9 Å². The van der Waals surface area contributed by atoms with Gasteiger partial charge in [-0.1, -0.05) is 37.9 Å². The van der Waals surface area contributed by atoms with Crippen LogP contribution in [0.3, 0.4) is 0 Å². The number of hydrogen-bond donors (Lipinski definition) is 1. The molecule has 1 N–H and O–H groups in total. The number of hydrogen-bond acceptors (Lipinski definition) is 2. The van der Waals surface area contributed by atoms with Crippen LogP contribution in [0, 0.1) is 0 Å². The maximum absolute atomic E-state index is 11.4. The van der Waals surface area contributed by atoms with Gasteiger partial charge in [0, 0.05) is 16.8 Å². The fourth-order valence-electron chi connectivity index (χ4n) is 2.79. The number of amides is 1. The van der Waals surface area contributed by atoms with Gasteiger partial charge < -0.3 is 10.1 Å². The number of rotatable bonds is 2. The highest BCUT2D eigenvalue weighted by atomic mass is 79.9. The van der Waals surface area contributed by atoms with Crippen molar-refractivity contribution in [1.29, 1.82) is 0 Å². The fraction of sp³-hybridized carbons (Fsp3) is 0.500. The Morgan fingerprint density at radius 3 is 2.95 bits per heavy atom. The van der Waals surface area contributed by atoms with E-state index < -0.39 is 0 Å². The third-order valence-corrected chi connectivity index (χ3v) is 6.05. The molecule has 3 nitrogen and oxygen atoms in total. The molecule has 0 bridgehead atoms. The lowest BCUT2D eigenvalue weighted by Gasteiger charge is -2.30. The third-order valence-electron chi connectivity index (χ3n) is 3.91. The zero-order chi connectivity index (χ0) is 13.6. The first-order valence-electron chi connectivity index (χ1n) is 6.40. The van der Waals surface area contributed by atoms with Crippen LogP contribution in [-0.2, 0) is 16.0 Å². The number of anilines is 1. The molecule has 2 atom stereocenters. The van der Waals surface area contributed by atoms with Crippen LogP contribution >= 0.6 is 31.9 Å². The molecule has 2 aliphatic heterocycles. The molecule has 3 rings (SSSR count). The Labute approximate surface area is 129 Å². The summed E-state index contributed by atoms with van der Waals surface area (Å²) in [6.45, 7) is 2.96. The Morgan fingerprint density at radius 2 is 2.26 bits per heavy atom. The van der Waals surface area contributed by atoms with Gasteiger partial charge in [0.05, 0.1) is 16.8 Å². The molecule has 102 valence electrons. The highest BCUT2D eigenvalue weighted by molar-refractivity contribution is 9.11. The van der Waals surface area contributed by atoms with Gasteiger partial charge in [0.2, 0.25) is 5.91 Å². The minimum absolute atomic E-state index is 0.0634. The van der Waals surface area contributed by atoms with Gasteiger partial charge in [0.15, 0.2) is 0 Å². The van der Waals surface area contributed by atoms with Gasteiger partial charge in [0.25, 0.3) is 0 Å². The normalized spacial score (nSPS) is 27.2. The molecule has 0 saturated carbocycles. The molecule has 5 heteroatoms. The molecular weight excluding hydrogens is 374 g/mol. The molecule has 1 amide bonds. The van der Waals surface area contributed by atoms with Crippen LogP contribution in [0.4, 0.5) is 5.69 Å². The van der Waals surface area contributed by atoms with Gasteiger partial charge >= 0.3 is 0 Å². The van der Waals surface area contributed by atoms with E-state index in [1.54, 1.807) is 0 Å². The predicted molar refractivity (Wildman–Crippen MR) is 81.7 cm³/mol. The van der Waals surface area contributed by atoms with Crippen molar-refractivity contribution in [3.63, 3.8) is 0 Å². The zero-order valence-corrected chi connectivity index (χ0v) is 13.8. The predicted octanol–water partition coefficient (Wildman–Crippen LogP) is 3.95. The Morgan fingerprint density at radius 1 is 1.47 bits per heavy atom. The summed E-state index contributed by atoms with van der Waals surface area (Å²) in [6, 6.07) is 4.09. The molecular formula is C14H15Br2NO2. The third kappa shape index (κ3) is 2.36. The zero-order valence-electron chi connectivity index (χ0n) is 10.6. The largest absolute Gasteiger partial charge is 0.374 e. The highest BCUT2D eigenvalue weighted by Crippen LogP contribution is 2.46. The first kappa shape index (κ1) is 13.6. The Bertz CT molecular complexity index is 538. The SMILES string of the molecule is CC1(C(Br)c2cc3c(cc2Br)NC(=O)C3)CCCO1. The van der Waals surface area contributed by atoms with E-state index in [-0.39, 0.29) is 16.3 Å². The van der Waals surface area contributed by atoms with Crippen molar-refractivity contribution in [3.05, 3.63) is 27.7 Å². The quantitative estimate of drug-likeness (QED) is 0.779. The smallest absolute Gasteiger partial charge is 0.228 e. The van der Waals surface area contributed by atoms with E-state index in [1.807, 2.05) is 6.07 Å². The summed E-state index contributed by atoms with van der Waals surface area (Å²) in [4.78, 5) is 11.6. The van der Waals surface area contributed by atoms with Crippen molar-refractivity contribution < 1.29 is 9.53 Å². The number of carbonyl (C=O) groups is 1. The molecule has 2 aliphatic rings. The van der Waals surface area contributed by atoms with Gasteiger partial charge in [-0.2, -0.15) is 0 Å². The number of nitrogens with one attached hydrogen (secondary N) is 1. The maximum atomic E-state index is 11.4. The van der Waals surface area contributed by atoms with Crippen molar-refractivity contribution in [2.24, 2.45) is 0 Å². The van der Waals surface area contributed by atoms with E-state index in [0.29, 0.717) is 6.42 Å². The summed E-state index contributed by atoms with van der Waals surface area (Å²) < 4.78 is 6.91. The number of fused-ring (bicyclic) bond motifs is 1. The molecule has 0 aromatic heterocycles. The monoisotopic (exact) mass is 387 g/mol. The minimum atomic E-state index is -0.174. The van der Waals surface area contributed by atoms with E-state index in [0.717, 1.165) is 40.7 Å². The van der Waals surface area contributed by atoms with E-state index >= 15 is 0 Å². The van der Waals surface area contributed by atoms with Crippen LogP contribution in [0.1, 0.15) is 35.7 Å². The van der Waals surface area contributed by atoms with Crippen molar-refractivity contribution >= 4 is 43.5 Å². The van der Waals surface area contributed by atoms with Crippen LogP contribution < -0.4 is 5.32 Å². The first-order valence-corrected chi connectivity index (χ1v) is 8.11. The molecule has 19 heavy (non-hydrogen) atoms. The molecule has 1 aromatic rings. The molecule has 2 unspecified atom stereocenters. The summed E-state index contributed by atoms with van der Waals surface area (Å²) in [5.41, 5.74) is 2.96. The van der Waals surface area contributed by atoms with Crippen molar-refractivity contribution in [1.82, 2.24) is 0 Å². The van der Waals surface area contributed by atoms with Gasteiger partial charge in [0.1, 0.15) is 0 Å². The summed E-state index contributed by atoms with van der Waals surface area (Å²) >= 11 is 7.39. The molecule has 1 saturated heterocycles. The Kier molecular flexibility index (Phi) is 3.48. The van der Waals surface area contributed by atoms with Crippen LogP contribution in [0.15, 0.2) is 16.6 Å². The second kappa shape index (κ2) is 4.86. The molecule has 2 heterocycles. The lowest BCUT2D eigenvalue weighted by Crippen LogP contribution is -2.28. The topological polar surface area (TPSA) is 38.3 Å².